The molecule has 0 bridgehead atoms. The number of carbonyl (C=O) groups is 3. The van der Waals surface area contributed by atoms with Gasteiger partial charge in [0.25, 0.3) is 5.91 Å². The highest BCUT2D eigenvalue weighted by Crippen LogP contribution is 2.18. The fourth-order valence-corrected chi connectivity index (χ4v) is 3.81. The van der Waals surface area contributed by atoms with Crippen molar-refractivity contribution in [1.29, 1.82) is 0 Å². The highest BCUT2D eigenvalue weighted by molar-refractivity contribution is 7.89. The second kappa shape index (κ2) is 11.4. The van der Waals surface area contributed by atoms with Crippen LogP contribution in [0.15, 0.2) is 59.5 Å². The Morgan fingerprint density at radius 2 is 1.66 bits per heavy atom. The molecule has 0 saturated heterocycles. The number of esters is 1. The fourth-order valence-electron chi connectivity index (χ4n) is 2.78. The molecule has 0 aliphatic rings. The maximum Gasteiger partial charge on any atom is 0.307 e. The molecular formula is C22H27N3O6S. The molecular weight excluding hydrogens is 434 g/mol. The van der Waals surface area contributed by atoms with E-state index in [4.69, 9.17) is 4.74 Å². The van der Waals surface area contributed by atoms with E-state index in [1.807, 2.05) is 37.3 Å². The van der Waals surface area contributed by atoms with Crippen LogP contribution in [0.2, 0.25) is 0 Å². The highest BCUT2D eigenvalue weighted by Gasteiger charge is 2.19. The van der Waals surface area contributed by atoms with E-state index >= 15 is 0 Å². The Balaban J connectivity index is 1.77. The lowest BCUT2D eigenvalue weighted by atomic mass is 10.1. The minimum atomic E-state index is -3.83. The van der Waals surface area contributed by atoms with Crippen molar-refractivity contribution in [2.24, 2.45) is 0 Å². The number of nitrogens with one attached hydrogen (secondary N) is 2. The molecule has 1 atom stereocenters. The molecule has 172 valence electrons. The molecule has 0 spiro atoms. The lowest BCUT2D eigenvalue weighted by Crippen LogP contribution is -2.34. The zero-order valence-corrected chi connectivity index (χ0v) is 19.0. The Morgan fingerprint density at radius 1 is 1.03 bits per heavy atom. The first-order valence-electron chi connectivity index (χ1n) is 9.93. The van der Waals surface area contributed by atoms with E-state index in [0.29, 0.717) is 5.69 Å². The second-order valence-electron chi connectivity index (χ2n) is 7.11. The average molecular weight is 462 g/mol. The van der Waals surface area contributed by atoms with Gasteiger partial charge < -0.3 is 15.0 Å². The number of hydrogen-bond donors (Lipinski definition) is 2. The first-order valence-corrected chi connectivity index (χ1v) is 11.4. The highest BCUT2D eigenvalue weighted by atomic mass is 32.2. The van der Waals surface area contributed by atoms with Crippen LogP contribution < -0.4 is 10.0 Å². The van der Waals surface area contributed by atoms with Crippen LogP contribution in [0.25, 0.3) is 0 Å². The molecule has 0 fully saturated rings. The molecule has 1 unspecified atom stereocenters. The Labute approximate surface area is 187 Å². The third-order valence-corrected chi connectivity index (χ3v) is 6.20. The van der Waals surface area contributed by atoms with Crippen molar-refractivity contribution in [3.05, 3.63) is 60.2 Å². The largest absolute Gasteiger partial charge is 0.456 e. The Morgan fingerprint density at radius 3 is 2.25 bits per heavy atom. The minimum absolute atomic E-state index is 0.00771. The number of nitrogens with zero attached hydrogens (tertiary/aromatic N) is 1. The van der Waals surface area contributed by atoms with Gasteiger partial charge in [-0.1, -0.05) is 30.3 Å². The molecule has 2 rings (SSSR count). The number of likely N-dealkylation sites (N-methyl/N-ethyl adjacent to an activating group) is 1. The molecule has 0 aromatic heterocycles. The van der Waals surface area contributed by atoms with Crippen molar-refractivity contribution in [1.82, 2.24) is 9.62 Å². The van der Waals surface area contributed by atoms with Gasteiger partial charge in [-0.2, -0.15) is 0 Å². The third-order valence-electron chi connectivity index (χ3n) is 4.72. The molecule has 10 heteroatoms. The van der Waals surface area contributed by atoms with Gasteiger partial charge in [0, 0.05) is 26.2 Å². The Hall–Kier alpha value is -3.24. The number of ether oxygens (including phenoxy) is 1. The number of carbonyl (C=O) groups excluding carboxylic acids is 3. The van der Waals surface area contributed by atoms with Gasteiger partial charge in [0.1, 0.15) is 0 Å². The van der Waals surface area contributed by atoms with Gasteiger partial charge >= 0.3 is 5.97 Å². The molecule has 2 aromatic carbocycles. The molecule has 2 N–H and O–H groups in total. The van der Waals surface area contributed by atoms with Crippen LogP contribution in [0.5, 0.6) is 0 Å². The van der Waals surface area contributed by atoms with E-state index in [-0.39, 0.29) is 35.7 Å². The standard InChI is InChI=1S/C22H27N3O6S/c1-16(18-7-5-4-6-8-18)25(3)21(27)15-31-22(28)13-14-23-32(29,30)20-11-9-19(10-12-20)24-17(2)26/h4-12,16,23H,13-15H2,1-3H3,(H,24,26). The van der Waals surface area contributed by atoms with Crippen molar-refractivity contribution in [2.75, 3.05) is 25.5 Å². The lowest BCUT2D eigenvalue weighted by molar-refractivity contribution is -0.152. The van der Waals surface area contributed by atoms with Crippen molar-refractivity contribution >= 4 is 33.5 Å². The zero-order chi connectivity index (χ0) is 23.7. The summed E-state index contributed by atoms with van der Waals surface area (Å²) >= 11 is 0. The Bertz CT molecular complexity index is 1040. The predicted molar refractivity (Wildman–Crippen MR) is 119 cm³/mol. The summed E-state index contributed by atoms with van der Waals surface area (Å²) in [5.41, 5.74) is 1.42. The predicted octanol–water partition coefficient (Wildman–Crippen LogP) is 2.08. The summed E-state index contributed by atoms with van der Waals surface area (Å²) in [6, 6.07) is 14.9. The summed E-state index contributed by atoms with van der Waals surface area (Å²) in [5.74, 6) is -1.33. The van der Waals surface area contributed by atoms with E-state index in [9.17, 15) is 22.8 Å². The van der Waals surface area contributed by atoms with Crippen LogP contribution in [0.3, 0.4) is 0 Å². The van der Waals surface area contributed by atoms with Crippen LogP contribution in [0.4, 0.5) is 5.69 Å². The SMILES string of the molecule is CC(=O)Nc1ccc(S(=O)(=O)NCCC(=O)OCC(=O)N(C)C(C)c2ccccc2)cc1. The molecule has 0 heterocycles. The molecule has 0 aliphatic carbocycles. The number of benzene rings is 2. The van der Waals surface area contributed by atoms with E-state index in [2.05, 4.69) is 10.0 Å². The molecule has 32 heavy (non-hydrogen) atoms. The quantitative estimate of drug-likeness (QED) is 0.523. The van der Waals surface area contributed by atoms with E-state index in [0.717, 1.165) is 5.56 Å². The summed E-state index contributed by atoms with van der Waals surface area (Å²) in [6.07, 6.45) is -0.228. The van der Waals surface area contributed by atoms with Gasteiger partial charge in [0.2, 0.25) is 15.9 Å². The summed E-state index contributed by atoms with van der Waals surface area (Å²) < 4.78 is 31.9. The van der Waals surface area contributed by atoms with Crippen molar-refractivity contribution in [2.45, 2.75) is 31.2 Å². The summed E-state index contributed by atoms with van der Waals surface area (Å²) in [5, 5.41) is 2.54. The van der Waals surface area contributed by atoms with Gasteiger partial charge in [0.05, 0.1) is 17.4 Å². The third kappa shape index (κ3) is 7.47. The molecule has 0 radical (unpaired) electrons. The average Bonchev–Trinajstić information content (AvgIpc) is 2.77. The number of sulfonamides is 1. The summed E-state index contributed by atoms with van der Waals surface area (Å²) in [6.45, 7) is 2.61. The van der Waals surface area contributed by atoms with E-state index in [1.54, 1.807) is 7.05 Å². The van der Waals surface area contributed by atoms with Gasteiger partial charge in [-0.05, 0) is 36.8 Å². The first kappa shape index (κ1) is 25.0. The topological polar surface area (TPSA) is 122 Å². The van der Waals surface area contributed by atoms with Gasteiger partial charge in [-0.3, -0.25) is 14.4 Å². The van der Waals surface area contributed by atoms with Crippen LogP contribution in [0, 0.1) is 0 Å². The number of anilines is 1. The Kier molecular flexibility index (Phi) is 8.91. The number of rotatable bonds is 10. The number of hydrogen-bond acceptors (Lipinski definition) is 6. The van der Waals surface area contributed by atoms with Gasteiger partial charge in [-0.25, -0.2) is 13.1 Å². The van der Waals surface area contributed by atoms with Crippen LogP contribution in [-0.2, 0) is 29.1 Å². The summed E-state index contributed by atoms with van der Waals surface area (Å²) in [4.78, 5) is 36.7. The van der Waals surface area contributed by atoms with Crippen LogP contribution in [0.1, 0.15) is 31.9 Å². The van der Waals surface area contributed by atoms with E-state index < -0.39 is 22.6 Å². The number of amides is 2. The van der Waals surface area contributed by atoms with E-state index in [1.165, 1.54) is 36.1 Å². The van der Waals surface area contributed by atoms with Gasteiger partial charge in [0.15, 0.2) is 6.61 Å². The van der Waals surface area contributed by atoms with Crippen molar-refractivity contribution < 1.29 is 27.5 Å². The molecule has 0 aliphatic heterocycles. The normalized spacial score (nSPS) is 12.0. The fraction of sp³-hybridized carbons (Fsp3) is 0.318. The monoisotopic (exact) mass is 461 g/mol. The van der Waals surface area contributed by atoms with Gasteiger partial charge in [-0.15, -0.1) is 0 Å². The molecule has 0 saturated carbocycles. The first-order chi connectivity index (χ1) is 15.1. The maximum atomic E-state index is 12.3. The minimum Gasteiger partial charge on any atom is -0.456 e. The van der Waals surface area contributed by atoms with Crippen molar-refractivity contribution in [3.8, 4) is 0 Å². The van der Waals surface area contributed by atoms with Crippen LogP contribution in [-0.4, -0.2) is 51.3 Å². The smallest absolute Gasteiger partial charge is 0.307 e. The molecule has 2 aromatic rings. The molecule has 9 nitrogen and oxygen atoms in total. The maximum absolute atomic E-state index is 12.3. The summed E-state index contributed by atoms with van der Waals surface area (Å²) in [7, 11) is -2.21. The van der Waals surface area contributed by atoms with Crippen molar-refractivity contribution in [3.63, 3.8) is 0 Å². The zero-order valence-electron chi connectivity index (χ0n) is 18.2. The molecule has 2 amide bonds. The second-order valence-corrected chi connectivity index (χ2v) is 8.87. The van der Waals surface area contributed by atoms with Crippen LogP contribution >= 0.6 is 0 Å². The lowest BCUT2D eigenvalue weighted by Gasteiger charge is -2.25.